The van der Waals surface area contributed by atoms with Gasteiger partial charge in [0, 0.05) is 28.5 Å². The number of fused-ring (bicyclic) bond motifs is 3. The molecule has 1 aromatic heterocycles. The molecule has 3 rings (SSSR count). The Labute approximate surface area is 125 Å². The zero-order chi connectivity index (χ0) is 16.1. The minimum Gasteiger partial charge on any atom is -0.481 e. The molecule has 22 heavy (non-hydrogen) atoms. The topological polar surface area (TPSA) is 70.2 Å². The Hall–Kier alpha value is -2.24. The summed E-state index contributed by atoms with van der Waals surface area (Å²) in [7, 11) is 0. The number of benzene rings is 1. The fourth-order valence-electron chi connectivity index (χ4n) is 3.46. The third-order valence-corrected chi connectivity index (χ3v) is 4.66. The average Bonchev–Trinajstić information content (AvgIpc) is 2.89. The van der Waals surface area contributed by atoms with Crippen LogP contribution in [0.4, 0.5) is 8.78 Å². The van der Waals surface area contributed by atoms with E-state index >= 15 is 0 Å². The highest BCUT2D eigenvalue weighted by Crippen LogP contribution is 2.45. The van der Waals surface area contributed by atoms with E-state index in [-0.39, 0.29) is 35.1 Å². The number of carbonyl (C=O) groups is 2. The summed E-state index contributed by atoms with van der Waals surface area (Å²) in [6.45, 7) is 1.82. The molecule has 0 amide bonds. The largest absolute Gasteiger partial charge is 0.481 e. The smallest absolute Gasteiger partial charge is 0.304 e. The molecule has 1 atom stereocenters. The van der Waals surface area contributed by atoms with Gasteiger partial charge in [-0.2, -0.15) is 0 Å². The summed E-state index contributed by atoms with van der Waals surface area (Å²) in [6.07, 6.45) is 0.782. The van der Waals surface area contributed by atoms with Crippen molar-refractivity contribution in [3.63, 3.8) is 0 Å². The zero-order valence-electron chi connectivity index (χ0n) is 12.0. The summed E-state index contributed by atoms with van der Waals surface area (Å²) in [5.41, 5.74) is -0.398. The molecular formula is C16H15F2NO3. The van der Waals surface area contributed by atoms with Crippen LogP contribution >= 0.6 is 0 Å². The van der Waals surface area contributed by atoms with E-state index in [4.69, 9.17) is 0 Å². The third-order valence-electron chi connectivity index (χ3n) is 4.66. The second-order valence-electron chi connectivity index (χ2n) is 5.78. The minimum absolute atomic E-state index is 0.0662. The van der Waals surface area contributed by atoms with E-state index in [0.717, 1.165) is 12.1 Å². The molecule has 0 aliphatic heterocycles. The van der Waals surface area contributed by atoms with Gasteiger partial charge in [0.05, 0.1) is 11.9 Å². The van der Waals surface area contributed by atoms with Crippen molar-refractivity contribution in [1.29, 1.82) is 0 Å². The lowest BCUT2D eigenvalue weighted by molar-refractivity contribution is -0.138. The van der Waals surface area contributed by atoms with Crippen LogP contribution in [-0.2, 0) is 10.2 Å². The van der Waals surface area contributed by atoms with Crippen LogP contribution in [0.1, 0.15) is 48.7 Å². The Morgan fingerprint density at radius 3 is 2.68 bits per heavy atom. The van der Waals surface area contributed by atoms with Gasteiger partial charge < -0.3 is 10.1 Å². The number of Topliss-reactive ketones (excluding diaryl/α,β-unsaturated/α-hetero) is 1. The molecule has 116 valence electrons. The van der Waals surface area contributed by atoms with Crippen LogP contribution in [0.2, 0.25) is 0 Å². The van der Waals surface area contributed by atoms with E-state index < -0.39 is 23.0 Å². The molecule has 0 radical (unpaired) electrons. The first-order chi connectivity index (χ1) is 10.4. The Bertz CT molecular complexity index is 796. The van der Waals surface area contributed by atoms with Gasteiger partial charge in [0.2, 0.25) is 0 Å². The lowest BCUT2D eigenvalue weighted by Crippen LogP contribution is -2.35. The van der Waals surface area contributed by atoms with Crippen molar-refractivity contribution in [3.8, 4) is 0 Å². The first-order valence-electron chi connectivity index (χ1n) is 7.15. The molecule has 0 spiro atoms. The Balaban J connectivity index is 2.37. The van der Waals surface area contributed by atoms with E-state index in [1.165, 1.54) is 0 Å². The van der Waals surface area contributed by atoms with E-state index in [1.54, 1.807) is 0 Å². The third kappa shape index (κ3) is 1.94. The van der Waals surface area contributed by atoms with Crippen LogP contribution in [0, 0.1) is 11.6 Å². The van der Waals surface area contributed by atoms with E-state index in [1.807, 2.05) is 6.92 Å². The Morgan fingerprint density at radius 1 is 1.36 bits per heavy atom. The number of H-pyrrole nitrogens is 1. The fraction of sp³-hybridized carbons (Fsp3) is 0.375. The van der Waals surface area contributed by atoms with Crippen LogP contribution in [0.3, 0.4) is 0 Å². The molecular weight excluding hydrogens is 292 g/mol. The molecule has 0 saturated carbocycles. The average molecular weight is 307 g/mol. The van der Waals surface area contributed by atoms with Gasteiger partial charge in [0.15, 0.2) is 5.78 Å². The van der Waals surface area contributed by atoms with Crippen LogP contribution < -0.4 is 0 Å². The maximum absolute atomic E-state index is 14.1. The predicted molar refractivity (Wildman–Crippen MR) is 76.0 cm³/mol. The van der Waals surface area contributed by atoms with Crippen LogP contribution in [0.25, 0.3) is 10.9 Å². The number of hydrogen-bond acceptors (Lipinski definition) is 2. The number of nitrogens with one attached hydrogen (secondary N) is 1. The monoisotopic (exact) mass is 307 g/mol. The molecule has 0 saturated heterocycles. The van der Waals surface area contributed by atoms with Gasteiger partial charge in [0.25, 0.3) is 0 Å². The highest BCUT2D eigenvalue weighted by Gasteiger charge is 2.43. The number of hydrogen-bond donors (Lipinski definition) is 2. The quantitative estimate of drug-likeness (QED) is 0.911. The van der Waals surface area contributed by atoms with Crippen molar-refractivity contribution >= 4 is 22.7 Å². The van der Waals surface area contributed by atoms with Crippen molar-refractivity contribution in [3.05, 3.63) is 35.0 Å². The second kappa shape index (κ2) is 4.90. The molecule has 0 fully saturated rings. The number of rotatable bonds is 3. The first kappa shape index (κ1) is 14.7. The van der Waals surface area contributed by atoms with Crippen LogP contribution in [0.15, 0.2) is 12.1 Å². The molecule has 4 nitrogen and oxygen atoms in total. The number of aromatic nitrogens is 1. The lowest BCUT2D eigenvalue weighted by atomic mass is 9.69. The van der Waals surface area contributed by atoms with Crippen molar-refractivity contribution in [1.82, 2.24) is 4.98 Å². The molecule has 1 heterocycles. The summed E-state index contributed by atoms with van der Waals surface area (Å²) in [5, 5.41) is 9.12. The molecule has 2 aromatic rings. The molecule has 0 bridgehead atoms. The number of carboxylic acids is 1. The standard InChI is InChI=1S/C16H15F2NO3/c1-2-16(7-11(21)22)6-5-10(20)13-12-8(17)3-4-9(18)14(12)19-15(13)16/h3-4,19H,2,5-7H2,1H3,(H,21,22). The molecule has 1 aliphatic carbocycles. The summed E-state index contributed by atoms with van der Waals surface area (Å²) in [5.74, 6) is -2.61. The Morgan fingerprint density at radius 2 is 2.05 bits per heavy atom. The van der Waals surface area contributed by atoms with Gasteiger partial charge in [-0.25, -0.2) is 8.78 Å². The van der Waals surface area contributed by atoms with Gasteiger partial charge in [-0.3, -0.25) is 9.59 Å². The highest BCUT2D eigenvalue weighted by molar-refractivity contribution is 6.11. The van der Waals surface area contributed by atoms with E-state index in [9.17, 15) is 23.5 Å². The van der Waals surface area contributed by atoms with Crippen molar-refractivity contribution < 1.29 is 23.5 Å². The number of carbonyl (C=O) groups excluding carboxylic acids is 1. The summed E-state index contributed by atoms with van der Waals surface area (Å²) >= 11 is 0. The molecule has 1 aromatic carbocycles. The lowest BCUT2D eigenvalue weighted by Gasteiger charge is -2.34. The first-order valence-corrected chi connectivity index (χ1v) is 7.15. The van der Waals surface area contributed by atoms with Crippen molar-refractivity contribution in [2.75, 3.05) is 0 Å². The maximum atomic E-state index is 14.1. The maximum Gasteiger partial charge on any atom is 0.304 e. The highest BCUT2D eigenvalue weighted by atomic mass is 19.1. The number of aromatic amines is 1. The SMILES string of the molecule is CCC1(CC(=O)O)CCC(=O)c2c1[nH]c1c(F)ccc(F)c21. The van der Waals surface area contributed by atoms with E-state index in [0.29, 0.717) is 18.5 Å². The van der Waals surface area contributed by atoms with Gasteiger partial charge in [-0.15, -0.1) is 0 Å². The van der Waals surface area contributed by atoms with Crippen LogP contribution in [0.5, 0.6) is 0 Å². The number of carboxylic acid groups (broad SMARTS) is 1. The van der Waals surface area contributed by atoms with E-state index in [2.05, 4.69) is 4.98 Å². The number of aliphatic carboxylic acids is 1. The second-order valence-corrected chi connectivity index (χ2v) is 5.78. The zero-order valence-corrected chi connectivity index (χ0v) is 12.0. The van der Waals surface area contributed by atoms with Crippen molar-refractivity contribution in [2.45, 2.75) is 38.0 Å². The molecule has 1 aliphatic rings. The summed E-state index contributed by atoms with van der Waals surface area (Å²) in [4.78, 5) is 26.3. The van der Waals surface area contributed by atoms with Crippen LogP contribution in [-0.4, -0.2) is 21.8 Å². The predicted octanol–water partition coefficient (Wildman–Crippen LogP) is 3.55. The normalized spacial score (nSPS) is 21.1. The molecule has 6 heteroatoms. The molecule has 1 unspecified atom stereocenters. The Kier molecular flexibility index (Phi) is 3.27. The van der Waals surface area contributed by atoms with Gasteiger partial charge >= 0.3 is 5.97 Å². The summed E-state index contributed by atoms with van der Waals surface area (Å²) < 4.78 is 28.1. The number of ketones is 1. The van der Waals surface area contributed by atoms with Gasteiger partial charge in [0.1, 0.15) is 11.6 Å². The number of halogens is 2. The van der Waals surface area contributed by atoms with Crippen molar-refractivity contribution in [2.24, 2.45) is 0 Å². The molecule has 2 N–H and O–H groups in total. The van der Waals surface area contributed by atoms with Gasteiger partial charge in [-0.1, -0.05) is 6.92 Å². The minimum atomic E-state index is -0.998. The fourth-order valence-corrected chi connectivity index (χ4v) is 3.46. The van der Waals surface area contributed by atoms with Gasteiger partial charge in [-0.05, 0) is 25.0 Å². The summed E-state index contributed by atoms with van der Waals surface area (Å²) in [6, 6.07) is 1.98.